The van der Waals surface area contributed by atoms with Gasteiger partial charge in [-0.25, -0.2) is 4.79 Å². The second kappa shape index (κ2) is 7.33. The number of carbonyl (C=O) groups is 2. The van der Waals surface area contributed by atoms with Crippen molar-refractivity contribution in [2.45, 2.75) is 18.7 Å². The minimum Gasteiger partial charge on any atom is -0.478 e. The molecule has 0 amide bonds. The molecule has 2 atom stereocenters. The van der Waals surface area contributed by atoms with E-state index in [4.69, 9.17) is 5.11 Å². The Labute approximate surface area is 120 Å². The molecule has 0 saturated heterocycles. The fourth-order valence-corrected chi connectivity index (χ4v) is 3.16. The second-order valence-electron chi connectivity index (χ2n) is 4.37. The van der Waals surface area contributed by atoms with Crippen molar-refractivity contribution >= 4 is 19.3 Å². The van der Waals surface area contributed by atoms with Gasteiger partial charge in [0.2, 0.25) is 7.37 Å². The SMILES string of the molecule is NOC(=O)CCCP(=O)(O)[C@H](O)c1ccc(C(=O)O)cc1. The Kier molecular flexibility index (Phi) is 6.04. The Morgan fingerprint density at radius 3 is 2.33 bits per heavy atom. The van der Waals surface area contributed by atoms with Crippen LogP contribution in [0, 0.1) is 0 Å². The minimum atomic E-state index is -3.95. The van der Waals surface area contributed by atoms with Crippen molar-refractivity contribution in [2.75, 3.05) is 6.16 Å². The van der Waals surface area contributed by atoms with Gasteiger partial charge in [0.15, 0.2) is 5.85 Å². The van der Waals surface area contributed by atoms with Gasteiger partial charge in [0.1, 0.15) is 0 Å². The Morgan fingerprint density at radius 2 is 1.86 bits per heavy atom. The molecule has 0 radical (unpaired) electrons. The molecule has 0 saturated carbocycles. The van der Waals surface area contributed by atoms with E-state index in [1.165, 1.54) is 24.3 Å². The van der Waals surface area contributed by atoms with E-state index in [0.717, 1.165) is 0 Å². The molecule has 1 aromatic carbocycles. The van der Waals surface area contributed by atoms with Gasteiger partial charge < -0.3 is 19.9 Å². The summed E-state index contributed by atoms with van der Waals surface area (Å²) in [5.74, 6) is 1.14. The molecular formula is C12H16NO7P. The highest BCUT2D eigenvalue weighted by Crippen LogP contribution is 2.54. The lowest BCUT2D eigenvalue weighted by Gasteiger charge is -2.18. The second-order valence-corrected chi connectivity index (χ2v) is 6.82. The lowest BCUT2D eigenvalue weighted by Crippen LogP contribution is -2.11. The predicted molar refractivity (Wildman–Crippen MR) is 72.6 cm³/mol. The summed E-state index contributed by atoms with van der Waals surface area (Å²) >= 11 is 0. The summed E-state index contributed by atoms with van der Waals surface area (Å²) < 4.78 is 12.0. The number of rotatable bonds is 7. The number of carboxylic acids is 1. The molecule has 0 aromatic heterocycles. The molecule has 5 N–H and O–H groups in total. The molecule has 1 aromatic rings. The average molecular weight is 317 g/mol. The lowest BCUT2D eigenvalue weighted by molar-refractivity contribution is -0.144. The quantitative estimate of drug-likeness (QED) is 0.427. The zero-order chi connectivity index (χ0) is 16.0. The number of benzene rings is 1. The third-order valence-corrected chi connectivity index (χ3v) is 4.85. The smallest absolute Gasteiger partial charge is 0.335 e. The summed E-state index contributed by atoms with van der Waals surface area (Å²) in [6, 6.07) is 5.00. The van der Waals surface area contributed by atoms with E-state index in [0.29, 0.717) is 0 Å². The molecule has 0 spiro atoms. The van der Waals surface area contributed by atoms with Crippen molar-refractivity contribution in [2.24, 2.45) is 5.90 Å². The Bertz CT molecular complexity index is 557. The third kappa shape index (κ3) is 4.95. The zero-order valence-electron chi connectivity index (χ0n) is 11.0. The molecule has 116 valence electrons. The predicted octanol–water partition coefficient (Wildman–Crippen LogP) is 0.843. The molecule has 8 nitrogen and oxygen atoms in total. The summed E-state index contributed by atoms with van der Waals surface area (Å²) in [6.07, 6.45) is -0.385. The first kappa shape index (κ1) is 17.3. The van der Waals surface area contributed by atoms with Crippen LogP contribution in [0.4, 0.5) is 0 Å². The number of nitrogens with two attached hydrogens (primary N) is 1. The van der Waals surface area contributed by atoms with Crippen LogP contribution in [0.3, 0.4) is 0 Å². The third-order valence-electron chi connectivity index (χ3n) is 2.83. The van der Waals surface area contributed by atoms with E-state index in [9.17, 15) is 24.2 Å². The van der Waals surface area contributed by atoms with Crippen LogP contribution in [-0.2, 0) is 14.2 Å². The first-order valence-electron chi connectivity index (χ1n) is 6.00. The highest BCUT2D eigenvalue weighted by molar-refractivity contribution is 7.58. The van der Waals surface area contributed by atoms with E-state index in [1.807, 2.05) is 0 Å². The van der Waals surface area contributed by atoms with Crippen molar-refractivity contribution in [1.82, 2.24) is 0 Å². The number of aliphatic hydroxyl groups excluding tert-OH is 1. The van der Waals surface area contributed by atoms with Crippen molar-refractivity contribution in [3.63, 3.8) is 0 Å². The topological polar surface area (TPSA) is 147 Å². The number of hydrogen-bond donors (Lipinski definition) is 4. The monoisotopic (exact) mass is 317 g/mol. The van der Waals surface area contributed by atoms with Gasteiger partial charge in [-0.1, -0.05) is 12.1 Å². The first-order valence-corrected chi connectivity index (χ1v) is 7.91. The summed E-state index contributed by atoms with van der Waals surface area (Å²) in [6.45, 7) is 0. The fourth-order valence-electron chi connectivity index (χ4n) is 1.66. The molecule has 0 aliphatic heterocycles. The maximum absolute atomic E-state index is 12.0. The van der Waals surface area contributed by atoms with Gasteiger partial charge in [-0.05, 0) is 24.1 Å². The molecule has 0 heterocycles. The number of carboxylic acid groups (broad SMARTS) is 1. The van der Waals surface area contributed by atoms with Crippen LogP contribution in [0.15, 0.2) is 24.3 Å². The number of aliphatic hydroxyl groups is 1. The normalized spacial score (nSPS) is 15.0. The summed E-state index contributed by atoms with van der Waals surface area (Å²) in [4.78, 5) is 35.2. The first-order chi connectivity index (χ1) is 9.77. The number of hydrogen-bond acceptors (Lipinski definition) is 6. The van der Waals surface area contributed by atoms with Crippen molar-refractivity contribution < 1.29 is 34.1 Å². The van der Waals surface area contributed by atoms with Gasteiger partial charge >= 0.3 is 11.9 Å². The largest absolute Gasteiger partial charge is 0.478 e. The number of carbonyl (C=O) groups excluding carboxylic acids is 1. The van der Waals surface area contributed by atoms with Crippen LogP contribution in [0.5, 0.6) is 0 Å². The highest BCUT2D eigenvalue weighted by Gasteiger charge is 2.30. The van der Waals surface area contributed by atoms with Gasteiger partial charge in [0.25, 0.3) is 0 Å². The molecule has 0 aliphatic carbocycles. The van der Waals surface area contributed by atoms with Crippen LogP contribution in [0.1, 0.15) is 34.6 Å². The molecular weight excluding hydrogens is 301 g/mol. The highest BCUT2D eigenvalue weighted by atomic mass is 31.2. The van der Waals surface area contributed by atoms with E-state index < -0.39 is 25.2 Å². The lowest BCUT2D eigenvalue weighted by atomic mass is 10.1. The summed E-state index contributed by atoms with van der Waals surface area (Å²) in [5, 5.41) is 18.6. The van der Waals surface area contributed by atoms with E-state index in [-0.39, 0.29) is 30.1 Å². The van der Waals surface area contributed by atoms with Crippen LogP contribution < -0.4 is 5.90 Å². The van der Waals surface area contributed by atoms with E-state index in [1.54, 1.807) is 0 Å². The standard InChI is InChI=1S/C12H16NO7P/c13-20-10(14)2-1-7-21(18,19)12(17)9-5-3-8(4-6-9)11(15)16/h3-6,12,17H,1-2,7,13H2,(H,15,16)(H,18,19)/t12-/m0/s1. The minimum absolute atomic E-state index is 0.00409. The Balaban J connectivity index is 2.71. The van der Waals surface area contributed by atoms with E-state index in [2.05, 4.69) is 10.7 Å². The van der Waals surface area contributed by atoms with Gasteiger partial charge in [-0.2, -0.15) is 5.90 Å². The van der Waals surface area contributed by atoms with E-state index >= 15 is 0 Å². The Morgan fingerprint density at radius 1 is 1.29 bits per heavy atom. The van der Waals surface area contributed by atoms with Crippen molar-refractivity contribution in [1.29, 1.82) is 0 Å². The summed E-state index contributed by atoms with van der Waals surface area (Å²) in [5.41, 5.74) is 0.136. The summed E-state index contributed by atoms with van der Waals surface area (Å²) in [7, 11) is -3.95. The van der Waals surface area contributed by atoms with Gasteiger partial charge in [-0.3, -0.25) is 9.36 Å². The molecule has 9 heteroatoms. The Hall–Kier alpha value is -1.73. The fraction of sp³-hybridized carbons (Fsp3) is 0.333. The van der Waals surface area contributed by atoms with Gasteiger partial charge in [-0.15, -0.1) is 0 Å². The van der Waals surface area contributed by atoms with Crippen LogP contribution >= 0.6 is 7.37 Å². The van der Waals surface area contributed by atoms with Gasteiger partial charge in [0, 0.05) is 12.6 Å². The molecule has 21 heavy (non-hydrogen) atoms. The van der Waals surface area contributed by atoms with Crippen LogP contribution in [0.25, 0.3) is 0 Å². The molecule has 0 aliphatic rings. The molecule has 1 rings (SSSR count). The molecule has 1 unspecified atom stereocenters. The maximum Gasteiger partial charge on any atom is 0.335 e. The average Bonchev–Trinajstić information content (AvgIpc) is 2.46. The molecule has 0 fully saturated rings. The zero-order valence-corrected chi connectivity index (χ0v) is 11.9. The number of aromatic carboxylic acids is 1. The van der Waals surface area contributed by atoms with Crippen LogP contribution in [0.2, 0.25) is 0 Å². The van der Waals surface area contributed by atoms with Crippen LogP contribution in [-0.4, -0.2) is 33.2 Å². The maximum atomic E-state index is 12.0. The molecule has 0 bridgehead atoms. The van der Waals surface area contributed by atoms with Crippen molar-refractivity contribution in [3.8, 4) is 0 Å². The van der Waals surface area contributed by atoms with Crippen molar-refractivity contribution in [3.05, 3.63) is 35.4 Å². The van der Waals surface area contributed by atoms with Gasteiger partial charge in [0.05, 0.1) is 5.56 Å².